The fraction of sp³-hybridized carbons (Fsp3) is 0.348. The topological polar surface area (TPSA) is 66.2 Å². The Morgan fingerprint density at radius 3 is 2.40 bits per heavy atom. The fourth-order valence-corrected chi connectivity index (χ4v) is 3.92. The highest BCUT2D eigenvalue weighted by Crippen LogP contribution is 2.21. The Morgan fingerprint density at radius 2 is 1.73 bits per heavy atom. The highest BCUT2D eigenvalue weighted by atomic mass is 16.2. The van der Waals surface area contributed by atoms with Crippen LogP contribution in [0.3, 0.4) is 0 Å². The van der Waals surface area contributed by atoms with Crippen molar-refractivity contribution in [3.63, 3.8) is 0 Å². The van der Waals surface area contributed by atoms with Gasteiger partial charge < -0.3 is 4.57 Å². The normalized spacial score (nSPS) is 12.2. The largest absolute Gasteiger partial charge is 0.332 e. The molecule has 0 atom stereocenters. The van der Waals surface area contributed by atoms with Gasteiger partial charge in [-0.3, -0.25) is 18.3 Å². The highest BCUT2D eigenvalue weighted by molar-refractivity contribution is 5.76. The summed E-state index contributed by atoms with van der Waals surface area (Å²) in [5, 5.41) is 0. The summed E-state index contributed by atoms with van der Waals surface area (Å²) in [6, 6.07) is 9.81. The number of hydrogen-bond acceptors (Lipinski definition) is 3. The second-order valence-corrected chi connectivity index (χ2v) is 8.17. The average Bonchev–Trinajstić information content (AvgIpc) is 3.21. The van der Waals surface area contributed by atoms with Gasteiger partial charge in [0.25, 0.3) is 5.56 Å². The lowest BCUT2D eigenvalue weighted by Crippen LogP contribution is -2.39. The van der Waals surface area contributed by atoms with E-state index in [9.17, 15) is 9.59 Å². The quantitative estimate of drug-likeness (QED) is 0.512. The molecule has 0 unspecified atom stereocenters. The van der Waals surface area contributed by atoms with Crippen LogP contribution >= 0.6 is 0 Å². The first-order valence-electron chi connectivity index (χ1n) is 10.2. The Kier molecular flexibility index (Phi) is 4.97. The van der Waals surface area contributed by atoms with E-state index in [1.54, 1.807) is 7.05 Å². The minimum atomic E-state index is -0.365. The maximum atomic E-state index is 13.4. The van der Waals surface area contributed by atoms with Gasteiger partial charge in [0.05, 0.1) is 0 Å². The predicted molar refractivity (Wildman–Crippen MR) is 120 cm³/mol. The van der Waals surface area contributed by atoms with E-state index < -0.39 is 0 Å². The van der Waals surface area contributed by atoms with Crippen molar-refractivity contribution in [2.45, 2.75) is 40.8 Å². The molecule has 156 valence electrons. The van der Waals surface area contributed by atoms with E-state index in [4.69, 9.17) is 4.98 Å². The van der Waals surface area contributed by atoms with Crippen LogP contribution in [0.2, 0.25) is 0 Å². The lowest BCUT2D eigenvalue weighted by Gasteiger charge is -2.09. The molecule has 0 spiro atoms. The van der Waals surface area contributed by atoms with Crippen LogP contribution in [0.5, 0.6) is 0 Å². The van der Waals surface area contributed by atoms with E-state index in [0.717, 1.165) is 23.5 Å². The third-order valence-electron chi connectivity index (χ3n) is 5.58. The third-order valence-corrected chi connectivity index (χ3v) is 5.58. The number of allylic oxidation sites excluding steroid dienone is 1. The Labute approximate surface area is 174 Å². The van der Waals surface area contributed by atoms with Crippen molar-refractivity contribution in [2.24, 2.45) is 13.0 Å². The maximum Gasteiger partial charge on any atom is 0.332 e. The second kappa shape index (κ2) is 7.48. The molecule has 0 aliphatic rings. The molecule has 3 heterocycles. The summed E-state index contributed by atoms with van der Waals surface area (Å²) in [4.78, 5) is 31.0. The minimum absolute atomic E-state index is 0.203. The van der Waals surface area contributed by atoms with Crippen LogP contribution in [0.1, 0.15) is 30.8 Å². The summed E-state index contributed by atoms with van der Waals surface area (Å²) in [5.41, 5.74) is 3.26. The maximum absolute atomic E-state index is 13.4. The van der Waals surface area contributed by atoms with Gasteiger partial charge in [0.1, 0.15) is 0 Å². The molecule has 0 bridgehead atoms. The molecule has 0 N–H and O–H groups in total. The van der Waals surface area contributed by atoms with E-state index in [2.05, 4.69) is 18.4 Å². The minimum Gasteiger partial charge on any atom is -0.314 e. The highest BCUT2D eigenvalue weighted by Gasteiger charge is 2.22. The first kappa shape index (κ1) is 19.9. The van der Waals surface area contributed by atoms with Crippen LogP contribution in [0.15, 0.2) is 46.0 Å². The van der Waals surface area contributed by atoms with Crippen LogP contribution in [0.25, 0.3) is 23.0 Å². The standard InChI is InChI=1S/C23H27N5O2/c1-15(2)14-27-16(3)17(4)28-19-20(24-22(27)28)25(5)23(30)26(21(19)29)13-9-12-18-10-7-6-8-11-18/h6-12,15H,13-14H2,1-5H3/b12-9+. The molecule has 0 radical (unpaired) electrons. The molecule has 7 heteroatoms. The predicted octanol–water partition coefficient (Wildman–Crippen LogP) is 3.14. The van der Waals surface area contributed by atoms with Crippen LogP contribution in [-0.2, 0) is 20.1 Å². The third kappa shape index (κ3) is 3.10. The van der Waals surface area contributed by atoms with Gasteiger partial charge in [-0.05, 0) is 25.3 Å². The van der Waals surface area contributed by atoms with E-state index in [1.165, 1.54) is 9.13 Å². The van der Waals surface area contributed by atoms with Gasteiger partial charge in [-0.2, -0.15) is 4.98 Å². The Balaban J connectivity index is 1.91. The van der Waals surface area contributed by atoms with Gasteiger partial charge in [0, 0.05) is 31.5 Å². The molecule has 0 saturated carbocycles. The molecule has 7 nitrogen and oxygen atoms in total. The van der Waals surface area contributed by atoms with Crippen molar-refractivity contribution in [2.75, 3.05) is 0 Å². The van der Waals surface area contributed by atoms with Crippen molar-refractivity contribution in [3.8, 4) is 0 Å². The lowest BCUT2D eigenvalue weighted by atomic mass is 10.2. The number of aryl methyl sites for hydroxylation is 2. The van der Waals surface area contributed by atoms with Crippen molar-refractivity contribution in [3.05, 3.63) is 74.2 Å². The number of rotatable bonds is 5. The molecule has 0 fully saturated rings. The van der Waals surface area contributed by atoms with Crippen molar-refractivity contribution in [1.29, 1.82) is 0 Å². The summed E-state index contributed by atoms with van der Waals surface area (Å²) in [6.07, 6.45) is 3.75. The number of nitrogens with zero attached hydrogens (tertiary/aromatic N) is 5. The molecule has 0 amide bonds. The Morgan fingerprint density at radius 1 is 1.03 bits per heavy atom. The molecule has 4 rings (SSSR count). The molecule has 30 heavy (non-hydrogen) atoms. The summed E-state index contributed by atoms with van der Waals surface area (Å²) in [6.45, 7) is 9.33. The van der Waals surface area contributed by atoms with E-state index in [0.29, 0.717) is 22.9 Å². The molecule has 1 aromatic carbocycles. The van der Waals surface area contributed by atoms with E-state index >= 15 is 0 Å². The molecule has 4 aromatic rings. The van der Waals surface area contributed by atoms with E-state index in [1.807, 2.05) is 60.7 Å². The Bertz CT molecular complexity index is 1380. The first-order chi connectivity index (χ1) is 14.3. The summed E-state index contributed by atoms with van der Waals surface area (Å²) in [5.74, 6) is 1.14. The SMILES string of the molecule is Cc1c(C)n2c3c(=O)n(C/C=C/c4ccccc4)c(=O)n(C)c3nc2n1CC(C)C. The number of imidazole rings is 2. The first-order valence-corrected chi connectivity index (χ1v) is 10.2. The van der Waals surface area contributed by atoms with Gasteiger partial charge in [-0.25, -0.2) is 4.79 Å². The zero-order valence-corrected chi connectivity index (χ0v) is 18.1. The van der Waals surface area contributed by atoms with Gasteiger partial charge in [0.15, 0.2) is 11.2 Å². The smallest absolute Gasteiger partial charge is 0.314 e. The second-order valence-electron chi connectivity index (χ2n) is 8.17. The van der Waals surface area contributed by atoms with Crippen molar-refractivity contribution in [1.82, 2.24) is 23.1 Å². The van der Waals surface area contributed by atoms with Gasteiger partial charge in [0.2, 0.25) is 5.78 Å². The zero-order chi connectivity index (χ0) is 21.6. The van der Waals surface area contributed by atoms with Gasteiger partial charge in [-0.1, -0.05) is 56.3 Å². The molecule has 0 saturated heterocycles. The molecular weight excluding hydrogens is 378 g/mol. The Hall–Kier alpha value is -3.35. The summed E-state index contributed by atoms with van der Waals surface area (Å²) < 4.78 is 6.76. The van der Waals surface area contributed by atoms with Crippen molar-refractivity contribution >= 4 is 23.0 Å². The molecule has 3 aromatic heterocycles. The van der Waals surface area contributed by atoms with Gasteiger partial charge in [-0.15, -0.1) is 0 Å². The number of hydrogen-bond donors (Lipinski definition) is 0. The average molecular weight is 406 g/mol. The lowest BCUT2D eigenvalue weighted by molar-refractivity contribution is 0.524. The van der Waals surface area contributed by atoms with E-state index in [-0.39, 0.29) is 17.8 Å². The summed E-state index contributed by atoms with van der Waals surface area (Å²) >= 11 is 0. The van der Waals surface area contributed by atoms with Crippen LogP contribution in [0, 0.1) is 19.8 Å². The fourth-order valence-electron chi connectivity index (χ4n) is 3.92. The van der Waals surface area contributed by atoms with Gasteiger partial charge >= 0.3 is 5.69 Å². The molecule has 0 aliphatic carbocycles. The van der Waals surface area contributed by atoms with Crippen LogP contribution in [0.4, 0.5) is 0 Å². The monoisotopic (exact) mass is 405 g/mol. The molecular formula is C23H27N5O2. The number of aromatic nitrogens is 5. The number of fused-ring (bicyclic) bond motifs is 3. The van der Waals surface area contributed by atoms with Crippen LogP contribution < -0.4 is 11.2 Å². The summed E-state index contributed by atoms with van der Waals surface area (Å²) in [7, 11) is 1.67. The number of benzene rings is 1. The molecule has 0 aliphatic heterocycles. The van der Waals surface area contributed by atoms with Crippen molar-refractivity contribution < 1.29 is 0 Å². The van der Waals surface area contributed by atoms with Crippen LogP contribution in [-0.4, -0.2) is 23.1 Å². The zero-order valence-electron chi connectivity index (χ0n) is 18.1.